The van der Waals surface area contributed by atoms with Crippen LogP contribution >= 0.6 is 35.3 Å². The third-order valence-corrected chi connectivity index (χ3v) is 7.21. The Morgan fingerprint density at radius 1 is 1.20 bits per heavy atom. The number of pyridine rings is 1. The minimum atomic E-state index is -3.32. The van der Waals surface area contributed by atoms with Crippen LogP contribution in [0.3, 0.4) is 0 Å². The normalized spacial score (nSPS) is 15.5. The molecule has 166 valence electrons. The number of guanidine groups is 1. The van der Waals surface area contributed by atoms with Gasteiger partial charge in [0.25, 0.3) is 0 Å². The SMILES string of the molecule is CCNC(=NCc1ccsc1)NCCS(=O)(=O)N1CCN(c2ccccn2)CC1.I. The predicted molar refractivity (Wildman–Crippen MR) is 134 cm³/mol. The molecule has 0 bridgehead atoms. The van der Waals surface area contributed by atoms with Crippen molar-refractivity contribution in [1.82, 2.24) is 19.9 Å². The zero-order chi connectivity index (χ0) is 20.5. The van der Waals surface area contributed by atoms with Gasteiger partial charge in [-0.15, -0.1) is 24.0 Å². The molecule has 0 unspecified atom stereocenters. The molecule has 1 fully saturated rings. The van der Waals surface area contributed by atoms with Crippen molar-refractivity contribution in [2.24, 2.45) is 4.99 Å². The lowest BCUT2D eigenvalue weighted by Crippen LogP contribution is -2.50. The Kier molecular flexibility index (Phi) is 10.3. The molecule has 0 saturated carbocycles. The molecule has 0 aliphatic carbocycles. The summed E-state index contributed by atoms with van der Waals surface area (Å²) < 4.78 is 27.0. The highest BCUT2D eigenvalue weighted by atomic mass is 127. The summed E-state index contributed by atoms with van der Waals surface area (Å²) in [4.78, 5) is 11.0. The van der Waals surface area contributed by atoms with Gasteiger partial charge in [-0.25, -0.2) is 18.4 Å². The minimum Gasteiger partial charge on any atom is -0.357 e. The third kappa shape index (κ3) is 7.36. The number of anilines is 1. The van der Waals surface area contributed by atoms with Gasteiger partial charge < -0.3 is 15.5 Å². The molecule has 2 aromatic rings. The monoisotopic (exact) mass is 564 g/mol. The summed E-state index contributed by atoms with van der Waals surface area (Å²) in [6.45, 7) is 5.84. The molecular formula is C19H29IN6O2S2. The van der Waals surface area contributed by atoms with Crippen molar-refractivity contribution in [3.63, 3.8) is 0 Å². The first-order chi connectivity index (χ1) is 14.1. The largest absolute Gasteiger partial charge is 0.357 e. The fraction of sp³-hybridized carbons (Fsp3) is 0.474. The molecule has 1 aliphatic heterocycles. The Bertz CT molecular complexity index is 870. The van der Waals surface area contributed by atoms with Crippen LogP contribution in [-0.4, -0.2) is 68.7 Å². The second-order valence-corrected chi connectivity index (χ2v) is 9.51. The van der Waals surface area contributed by atoms with Crippen LogP contribution in [0.2, 0.25) is 0 Å². The van der Waals surface area contributed by atoms with Crippen LogP contribution in [0.25, 0.3) is 0 Å². The van der Waals surface area contributed by atoms with Gasteiger partial charge in [0.2, 0.25) is 10.0 Å². The minimum absolute atomic E-state index is 0. The number of halogens is 1. The summed E-state index contributed by atoms with van der Waals surface area (Å²) in [6, 6.07) is 7.81. The van der Waals surface area contributed by atoms with E-state index in [1.165, 1.54) is 0 Å². The molecule has 0 aromatic carbocycles. The number of piperazine rings is 1. The first kappa shape index (κ1) is 24.8. The lowest BCUT2D eigenvalue weighted by Gasteiger charge is -2.34. The number of sulfonamides is 1. The van der Waals surface area contributed by atoms with E-state index in [9.17, 15) is 8.42 Å². The number of aliphatic imine (C=N–C) groups is 1. The fourth-order valence-corrected chi connectivity index (χ4v) is 5.06. The molecule has 3 heterocycles. The molecule has 8 nitrogen and oxygen atoms in total. The Balaban J connectivity index is 0.00000320. The highest BCUT2D eigenvalue weighted by Crippen LogP contribution is 2.14. The van der Waals surface area contributed by atoms with Gasteiger partial charge in [0.15, 0.2) is 5.96 Å². The van der Waals surface area contributed by atoms with Gasteiger partial charge in [0, 0.05) is 45.5 Å². The van der Waals surface area contributed by atoms with Gasteiger partial charge >= 0.3 is 0 Å². The van der Waals surface area contributed by atoms with Crippen molar-refractivity contribution >= 4 is 57.1 Å². The van der Waals surface area contributed by atoms with E-state index < -0.39 is 10.0 Å². The lowest BCUT2D eigenvalue weighted by atomic mass is 10.3. The Morgan fingerprint density at radius 2 is 2.00 bits per heavy atom. The Hall–Kier alpha value is -1.44. The number of hydrogen-bond acceptors (Lipinski definition) is 6. The van der Waals surface area contributed by atoms with E-state index in [0.29, 0.717) is 45.2 Å². The zero-order valence-electron chi connectivity index (χ0n) is 17.0. The molecule has 1 saturated heterocycles. The summed E-state index contributed by atoms with van der Waals surface area (Å²) in [5.41, 5.74) is 1.14. The van der Waals surface area contributed by atoms with E-state index in [4.69, 9.17) is 0 Å². The van der Waals surface area contributed by atoms with E-state index >= 15 is 0 Å². The van der Waals surface area contributed by atoms with E-state index in [1.807, 2.05) is 36.6 Å². The summed E-state index contributed by atoms with van der Waals surface area (Å²) >= 11 is 1.64. The molecule has 0 spiro atoms. The number of aromatic nitrogens is 1. The number of nitrogens with zero attached hydrogens (tertiary/aromatic N) is 4. The van der Waals surface area contributed by atoms with Crippen LogP contribution in [0, 0.1) is 0 Å². The van der Waals surface area contributed by atoms with E-state index in [-0.39, 0.29) is 29.7 Å². The summed E-state index contributed by atoms with van der Waals surface area (Å²) in [6.07, 6.45) is 1.76. The van der Waals surface area contributed by atoms with Gasteiger partial charge in [0.05, 0.1) is 12.3 Å². The maximum Gasteiger partial charge on any atom is 0.215 e. The summed E-state index contributed by atoms with van der Waals surface area (Å²) in [7, 11) is -3.32. The van der Waals surface area contributed by atoms with Crippen molar-refractivity contribution < 1.29 is 8.42 Å². The average molecular weight is 565 g/mol. The maximum atomic E-state index is 12.7. The second kappa shape index (κ2) is 12.4. The van der Waals surface area contributed by atoms with Crippen LogP contribution < -0.4 is 15.5 Å². The quantitative estimate of drug-likeness (QED) is 0.290. The van der Waals surface area contributed by atoms with Gasteiger partial charge in [0.1, 0.15) is 5.82 Å². The summed E-state index contributed by atoms with van der Waals surface area (Å²) in [5.74, 6) is 1.57. The third-order valence-electron chi connectivity index (χ3n) is 4.60. The van der Waals surface area contributed by atoms with Crippen molar-refractivity contribution in [3.05, 3.63) is 46.8 Å². The van der Waals surface area contributed by atoms with E-state index in [0.717, 1.165) is 17.9 Å². The van der Waals surface area contributed by atoms with Gasteiger partial charge in [-0.05, 0) is 41.4 Å². The maximum absolute atomic E-state index is 12.7. The molecule has 2 N–H and O–H groups in total. The lowest BCUT2D eigenvalue weighted by molar-refractivity contribution is 0.384. The fourth-order valence-electron chi connectivity index (χ4n) is 3.06. The van der Waals surface area contributed by atoms with E-state index in [1.54, 1.807) is 21.8 Å². The molecule has 0 atom stereocenters. The number of nitrogens with one attached hydrogen (secondary N) is 2. The van der Waals surface area contributed by atoms with Crippen LogP contribution in [0.5, 0.6) is 0 Å². The highest BCUT2D eigenvalue weighted by molar-refractivity contribution is 14.0. The molecule has 30 heavy (non-hydrogen) atoms. The molecule has 3 rings (SSSR count). The van der Waals surface area contributed by atoms with Crippen LogP contribution in [0.4, 0.5) is 5.82 Å². The van der Waals surface area contributed by atoms with Crippen molar-refractivity contribution in [2.75, 3.05) is 49.9 Å². The number of hydrogen-bond donors (Lipinski definition) is 2. The van der Waals surface area contributed by atoms with Crippen molar-refractivity contribution in [3.8, 4) is 0 Å². The van der Waals surface area contributed by atoms with Gasteiger partial charge in [-0.2, -0.15) is 15.6 Å². The van der Waals surface area contributed by atoms with Crippen LogP contribution in [-0.2, 0) is 16.6 Å². The van der Waals surface area contributed by atoms with Crippen LogP contribution in [0.15, 0.2) is 46.2 Å². The average Bonchev–Trinajstić information content (AvgIpc) is 3.26. The second-order valence-electron chi connectivity index (χ2n) is 6.64. The van der Waals surface area contributed by atoms with Crippen molar-refractivity contribution in [2.45, 2.75) is 13.5 Å². The number of rotatable bonds is 8. The highest BCUT2D eigenvalue weighted by Gasteiger charge is 2.27. The molecule has 0 amide bonds. The molecular weight excluding hydrogens is 535 g/mol. The predicted octanol–water partition coefficient (Wildman–Crippen LogP) is 1.97. The smallest absolute Gasteiger partial charge is 0.215 e. The van der Waals surface area contributed by atoms with Gasteiger partial charge in [-0.3, -0.25) is 0 Å². The van der Waals surface area contributed by atoms with Gasteiger partial charge in [-0.1, -0.05) is 6.07 Å². The van der Waals surface area contributed by atoms with Crippen molar-refractivity contribution in [1.29, 1.82) is 0 Å². The summed E-state index contributed by atoms with van der Waals surface area (Å²) in [5, 5.41) is 10.4. The molecule has 2 aromatic heterocycles. The standard InChI is InChI=1S/C19H28N6O2S2.HI/c1-2-20-19(23-15-17-6-13-28-16-17)22-8-14-29(26,27)25-11-9-24(10-12-25)18-5-3-4-7-21-18;/h3-7,13,16H,2,8-12,14-15H2,1H3,(H2,20,22,23);1H. The Morgan fingerprint density at radius 3 is 2.63 bits per heavy atom. The zero-order valence-corrected chi connectivity index (χ0v) is 21.0. The first-order valence-electron chi connectivity index (χ1n) is 9.75. The number of thiophene rings is 1. The van der Waals surface area contributed by atoms with Crippen LogP contribution in [0.1, 0.15) is 12.5 Å². The first-order valence-corrected chi connectivity index (χ1v) is 12.3. The molecule has 0 radical (unpaired) electrons. The topological polar surface area (TPSA) is 89.9 Å². The molecule has 11 heteroatoms. The molecule has 1 aliphatic rings. The Labute approximate surface area is 199 Å². The van der Waals surface area contributed by atoms with E-state index in [2.05, 4.69) is 30.9 Å².